The Bertz CT molecular complexity index is 837. The number of carbonyl (C=O) groups is 4. The first-order valence-electron chi connectivity index (χ1n) is 10.6. The molecule has 0 bridgehead atoms. The van der Waals surface area contributed by atoms with Gasteiger partial charge < -0.3 is 30.9 Å². The topological polar surface area (TPSA) is 188 Å². The van der Waals surface area contributed by atoms with E-state index >= 15 is 0 Å². The van der Waals surface area contributed by atoms with Gasteiger partial charge >= 0.3 is 23.9 Å². The molecule has 0 unspecified atom stereocenters. The summed E-state index contributed by atoms with van der Waals surface area (Å²) in [5, 5.41) is 32.0. The van der Waals surface area contributed by atoms with E-state index in [0.717, 1.165) is 50.0 Å². The van der Waals surface area contributed by atoms with Gasteiger partial charge in [-0.05, 0) is 50.0 Å². The fourth-order valence-corrected chi connectivity index (χ4v) is 2.99. The van der Waals surface area contributed by atoms with Gasteiger partial charge in [0.15, 0.2) is 0 Å². The molecule has 0 saturated carbocycles. The van der Waals surface area contributed by atoms with Crippen molar-refractivity contribution in [3.63, 3.8) is 0 Å². The minimum absolute atomic E-state index is 0.558. The van der Waals surface area contributed by atoms with Crippen molar-refractivity contribution in [2.45, 2.75) is 26.3 Å². The van der Waals surface area contributed by atoms with Crippen LogP contribution in [0.4, 0.5) is 0 Å². The van der Waals surface area contributed by atoms with Gasteiger partial charge in [-0.2, -0.15) is 0 Å². The third-order valence-corrected chi connectivity index (χ3v) is 4.55. The number of aliphatic carboxylic acids is 4. The molecule has 1 aromatic carbocycles. The Morgan fingerprint density at radius 1 is 1.03 bits per heavy atom. The van der Waals surface area contributed by atoms with Crippen LogP contribution in [-0.4, -0.2) is 75.4 Å². The van der Waals surface area contributed by atoms with E-state index in [2.05, 4.69) is 11.8 Å². The Morgan fingerprint density at radius 2 is 1.54 bits per heavy atom. The summed E-state index contributed by atoms with van der Waals surface area (Å²) in [5.74, 6) is -3.43. The highest BCUT2D eigenvalue weighted by molar-refractivity contribution is 6.30. The number of halogens is 1. The lowest BCUT2D eigenvalue weighted by Gasteiger charge is -2.18. The van der Waals surface area contributed by atoms with Gasteiger partial charge in [0, 0.05) is 48.0 Å². The lowest BCUT2D eigenvalue weighted by molar-refractivity contribution is -0.134. The Morgan fingerprint density at radius 3 is 1.94 bits per heavy atom. The third-order valence-electron chi connectivity index (χ3n) is 4.32. The fraction of sp³-hybridized carbons (Fsp3) is 0.391. The van der Waals surface area contributed by atoms with Crippen LogP contribution in [0.1, 0.15) is 25.3 Å². The van der Waals surface area contributed by atoms with Gasteiger partial charge in [0.2, 0.25) is 0 Å². The van der Waals surface area contributed by atoms with Gasteiger partial charge in [-0.15, -0.1) is 0 Å². The summed E-state index contributed by atoms with van der Waals surface area (Å²) in [5.41, 5.74) is 6.92. The second-order valence-electron chi connectivity index (χ2n) is 7.25. The van der Waals surface area contributed by atoms with E-state index in [-0.39, 0.29) is 0 Å². The van der Waals surface area contributed by atoms with E-state index in [4.69, 9.17) is 42.5 Å². The van der Waals surface area contributed by atoms with E-state index in [0.29, 0.717) is 30.2 Å². The zero-order chi connectivity index (χ0) is 26.8. The molecular weight excluding hydrogens is 484 g/mol. The van der Waals surface area contributed by atoms with E-state index in [1.165, 1.54) is 12.0 Å². The number of nitrogens with zero attached hydrogens (tertiary/aromatic N) is 1. The van der Waals surface area contributed by atoms with E-state index in [1.807, 2.05) is 18.2 Å². The van der Waals surface area contributed by atoms with Gasteiger partial charge in [0.05, 0.1) is 6.61 Å². The minimum Gasteiger partial charge on any atom is -0.493 e. The number of carboxylic acid groups (broad SMARTS) is 4. The molecule has 1 saturated heterocycles. The fourth-order valence-electron chi connectivity index (χ4n) is 2.80. The second-order valence-corrected chi connectivity index (χ2v) is 7.68. The Kier molecular flexibility index (Phi) is 16.2. The molecule has 35 heavy (non-hydrogen) atoms. The first kappa shape index (κ1) is 31.6. The lowest BCUT2D eigenvalue weighted by Crippen LogP contribution is -2.23. The summed E-state index contributed by atoms with van der Waals surface area (Å²) in [6.07, 6.45) is 4.44. The molecule has 0 spiro atoms. The number of nitrogens with two attached hydrogens (primary N) is 1. The highest BCUT2D eigenvalue weighted by atomic mass is 35.5. The SMILES string of the molecule is CCCOc1ccc(Cl)cc1CN1CC[C@@H](CN)C1.O=C(O)/C=C/C(=O)O.O=C(O)/C=C/C(=O)O. The number of hydrogen-bond acceptors (Lipinski definition) is 7. The average Bonchev–Trinajstić information content (AvgIpc) is 3.24. The number of hydrogen-bond donors (Lipinski definition) is 5. The average molecular weight is 515 g/mol. The van der Waals surface area contributed by atoms with Crippen molar-refractivity contribution in [2.24, 2.45) is 11.7 Å². The molecule has 1 atom stereocenters. The summed E-state index contributed by atoms with van der Waals surface area (Å²) in [7, 11) is 0. The summed E-state index contributed by atoms with van der Waals surface area (Å²) in [6.45, 7) is 6.74. The Labute approximate surface area is 208 Å². The predicted octanol–water partition coefficient (Wildman–Crippen LogP) is 2.33. The summed E-state index contributed by atoms with van der Waals surface area (Å²) in [4.78, 5) is 40.6. The van der Waals surface area contributed by atoms with Crippen LogP contribution in [0.15, 0.2) is 42.5 Å². The zero-order valence-electron chi connectivity index (χ0n) is 19.3. The van der Waals surface area contributed by atoms with E-state index in [1.54, 1.807) is 0 Å². The molecule has 6 N–H and O–H groups in total. The number of carboxylic acids is 4. The first-order chi connectivity index (χ1) is 16.5. The van der Waals surface area contributed by atoms with Crippen LogP contribution in [0.3, 0.4) is 0 Å². The highest BCUT2D eigenvalue weighted by Gasteiger charge is 2.22. The smallest absolute Gasteiger partial charge is 0.328 e. The van der Waals surface area contributed by atoms with Crippen LogP contribution in [0.2, 0.25) is 5.02 Å². The molecular formula is C23H31ClN2O9. The quantitative estimate of drug-likeness (QED) is 0.288. The highest BCUT2D eigenvalue weighted by Crippen LogP contribution is 2.26. The second kappa shape index (κ2) is 18.0. The van der Waals surface area contributed by atoms with Gasteiger partial charge in [-0.25, -0.2) is 19.2 Å². The van der Waals surface area contributed by atoms with Crippen molar-refractivity contribution >= 4 is 35.5 Å². The normalized spacial score (nSPS) is 15.1. The van der Waals surface area contributed by atoms with Gasteiger partial charge in [0.1, 0.15) is 5.75 Å². The maximum Gasteiger partial charge on any atom is 0.328 e. The molecule has 0 aromatic heterocycles. The van der Waals surface area contributed by atoms with Gasteiger partial charge in [-0.3, -0.25) is 4.90 Å². The van der Waals surface area contributed by atoms with Gasteiger partial charge in [-0.1, -0.05) is 18.5 Å². The minimum atomic E-state index is -1.26. The zero-order valence-corrected chi connectivity index (χ0v) is 20.1. The van der Waals surface area contributed by atoms with Crippen molar-refractivity contribution in [1.82, 2.24) is 4.90 Å². The first-order valence-corrected chi connectivity index (χ1v) is 11.0. The van der Waals surface area contributed by atoms with Crippen molar-refractivity contribution in [3.8, 4) is 5.75 Å². The maximum absolute atomic E-state index is 9.55. The number of likely N-dealkylation sites (tertiary alicyclic amines) is 1. The monoisotopic (exact) mass is 514 g/mol. The number of ether oxygens (including phenoxy) is 1. The van der Waals surface area contributed by atoms with Crippen molar-refractivity contribution in [1.29, 1.82) is 0 Å². The molecule has 0 amide bonds. The Hall–Kier alpha value is -3.41. The third kappa shape index (κ3) is 16.8. The molecule has 0 aliphatic carbocycles. The predicted molar refractivity (Wildman–Crippen MR) is 128 cm³/mol. The summed E-state index contributed by atoms with van der Waals surface area (Å²) in [6, 6.07) is 5.88. The lowest BCUT2D eigenvalue weighted by atomic mass is 10.1. The summed E-state index contributed by atoms with van der Waals surface area (Å²) >= 11 is 6.10. The van der Waals surface area contributed by atoms with Crippen molar-refractivity contribution in [2.75, 3.05) is 26.2 Å². The largest absolute Gasteiger partial charge is 0.493 e. The molecule has 1 aliphatic heterocycles. The van der Waals surface area contributed by atoms with E-state index < -0.39 is 23.9 Å². The van der Waals surface area contributed by atoms with Crippen LogP contribution in [-0.2, 0) is 25.7 Å². The number of rotatable bonds is 10. The maximum atomic E-state index is 9.55. The van der Waals surface area contributed by atoms with Crippen molar-refractivity contribution < 1.29 is 44.3 Å². The summed E-state index contributed by atoms with van der Waals surface area (Å²) < 4.78 is 5.79. The Balaban J connectivity index is 0.000000601. The molecule has 1 fully saturated rings. The van der Waals surface area contributed by atoms with Gasteiger partial charge in [0.25, 0.3) is 0 Å². The standard InChI is InChI=1S/C15H23ClN2O.2C4H4O4/c1-2-7-19-15-4-3-14(16)8-13(15)11-18-6-5-12(9-17)10-18;2*5-3(6)1-2-4(7)8/h3-4,8,12H,2,5-7,9-11,17H2,1H3;2*1-2H,(H,5,6)(H,7,8)/b;2*2-1+/t12-;;/m0../s1. The van der Waals surface area contributed by atoms with Crippen LogP contribution in [0, 0.1) is 5.92 Å². The molecule has 11 nitrogen and oxygen atoms in total. The van der Waals surface area contributed by atoms with Crippen LogP contribution in [0.5, 0.6) is 5.75 Å². The van der Waals surface area contributed by atoms with Crippen molar-refractivity contribution in [3.05, 3.63) is 53.1 Å². The molecule has 1 heterocycles. The van der Waals surface area contributed by atoms with E-state index in [9.17, 15) is 19.2 Å². The molecule has 1 aromatic rings. The molecule has 0 radical (unpaired) electrons. The molecule has 194 valence electrons. The van der Waals surface area contributed by atoms with Crippen LogP contribution >= 0.6 is 11.6 Å². The molecule has 1 aliphatic rings. The molecule has 2 rings (SSSR count). The van der Waals surface area contributed by atoms with Crippen LogP contribution in [0.25, 0.3) is 0 Å². The van der Waals surface area contributed by atoms with Crippen LogP contribution < -0.4 is 10.5 Å². The number of benzene rings is 1. The molecule has 12 heteroatoms.